The van der Waals surface area contributed by atoms with E-state index in [1.165, 1.54) is 6.92 Å². The van der Waals surface area contributed by atoms with Gasteiger partial charge in [0.2, 0.25) is 0 Å². The van der Waals surface area contributed by atoms with Crippen molar-refractivity contribution in [3.63, 3.8) is 0 Å². The van der Waals surface area contributed by atoms with Crippen molar-refractivity contribution in [2.75, 3.05) is 0 Å². The van der Waals surface area contributed by atoms with Crippen LogP contribution in [0.25, 0.3) is 0 Å². The largest absolute Gasteiger partial charge is 0.298 e. The van der Waals surface area contributed by atoms with E-state index in [4.69, 9.17) is 0 Å². The van der Waals surface area contributed by atoms with Crippen molar-refractivity contribution in [3.05, 3.63) is 24.1 Å². The van der Waals surface area contributed by atoms with E-state index in [0.717, 1.165) is 6.08 Å². The van der Waals surface area contributed by atoms with Crippen LogP contribution in [-0.2, 0) is 4.79 Å². The summed E-state index contributed by atoms with van der Waals surface area (Å²) in [4.78, 5) is 10.1. The molecule has 0 fully saturated rings. The summed E-state index contributed by atoms with van der Waals surface area (Å²) in [5.41, 5.74) is -0.456. The zero-order chi connectivity index (χ0) is 8.85. The van der Waals surface area contributed by atoms with E-state index in [1.54, 1.807) is 0 Å². The van der Waals surface area contributed by atoms with Gasteiger partial charge in [-0.1, -0.05) is 13.5 Å². The lowest BCUT2D eigenvalue weighted by Crippen LogP contribution is -2.05. The van der Waals surface area contributed by atoms with Crippen molar-refractivity contribution in [3.8, 4) is 0 Å². The highest BCUT2D eigenvalue weighted by Gasteiger charge is 2.13. The van der Waals surface area contributed by atoms with Crippen LogP contribution in [-0.4, -0.2) is 12.5 Å². The smallest absolute Gasteiger partial charge is 0.151 e. The number of aldehydes is 1. The summed E-state index contributed by atoms with van der Waals surface area (Å²) >= 11 is 0. The normalized spacial score (nSPS) is 15.2. The Morgan fingerprint density at radius 3 is 2.55 bits per heavy atom. The molecule has 11 heavy (non-hydrogen) atoms. The van der Waals surface area contributed by atoms with Crippen molar-refractivity contribution in [1.82, 2.24) is 0 Å². The zero-order valence-corrected chi connectivity index (χ0v) is 6.31. The minimum atomic E-state index is -1.52. The molecule has 62 valence electrons. The second-order valence-electron chi connectivity index (χ2n) is 2.00. The molecule has 1 unspecified atom stereocenters. The first kappa shape index (κ1) is 10.0. The number of halogens is 2. The number of hydrogen-bond acceptors (Lipinski definition) is 1. The number of allylic oxidation sites excluding steroid dienone is 3. The highest BCUT2D eigenvalue weighted by Crippen LogP contribution is 2.14. The molecule has 0 amide bonds. The van der Waals surface area contributed by atoms with Crippen LogP contribution in [0.15, 0.2) is 24.1 Å². The van der Waals surface area contributed by atoms with Gasteiger partial charge in [-0.3, -0.25) is 4.79 Å². The Hall–Kier alpha value is -0.990. The molecule has 0 aliphatic carbocycles. The second kappa shape index (κ2) is 4.77. The van der Waals surface area contributed by atoms with E-state index in [0.29, 0.717) is 0 Å². The summed E-state index contributed by atoms with van der Waals surface area (Å²) in [5.74, 6) is -0.880. The predicted octanol–water partition coefficient (Wildman–Crippen LogP) is 2.34. The van der Waals surface area contributed by atoms with Gasteiger partial charge in [-0.15, -0.1) is 0 Å². The number of carbonyl (C=O) groups excluding carboxylic acids is 1. The van der Waals surface area contributed by atoms with Gasteiger partial charge in [-0.2, -0.15) is 0 Å². The standard InChI is InChI=1S/C8H10F2O/c1-3-7(9)6(5-11)8(10)4-2/h3,5,8H,1,4H2,2H3/b7-6+. The molecule has 0 spiro atoms. The lowest BCUT2D eigenvalue weighted by atomic mass is 10.1. The number of rotatable bonds is 4. The van der Waals surface area contributed by atoms with Crippen LogP contribution in [0.5, 0.6) is 0 Å². The first-order chi connectivity index (χ1) is 5.17. The zero-order valence-electron chi connectivity index (χ0n) is 6.31. The maximum absolute atomic E-state index is 12.7. The molecular formula is C8H10F2O. The molecule has 0 N–H and O–H groups in total. The van der Waals surface area contributed by atoms with E-state index in [9.17, 15) is 13.6 Å². The lowest BCUT2D eigenvalue weighted by Gasteiger charge is -2.03. The Kier molecular flexibility index (Phi) is 4.34. The summed E-state index contributed by atoms with van der Waals surface area (Å²) in [7, 11) is 0. The van der Waals surface area contributed by atoms with Crippen molar-refractivity contribution in [2.24, 2.45) is 0 Å². The fraction of sp³-hybridized carbons (Fsp3) is 0.375. The molecule has 0 heterocycles. The molecule has 1 atom stereocenters. The first-order valence-corrected chi connectivity index (χ1v) is 3.28. The molecule has 3 heteroatoms. The minimum absolute atomic E-state index is 0.0926. The van der Waals surface area contributed by atoms with Gasteiger partial charge in [-0.25, -0.2) is 8.78 Å². The van der Waals surface area contributed by atoms with E-state index >= 15 is 0 Å². The topological polar surface area (TPSA) is 17.1 Å². The van der Waals surface area contributed by atoms with Gasteiger partial charge in [0.1, 0.15) is 12.0 Å². The molecular weight excluding hydrogens is 150 g/mol. The Balaban J connectivity index is 4.63. The highest BCUT2D eigenvalue weighted by atomic mass is 19.1. The second-order valence-corrected chi connectivity index (χ2v) is 2.00. The fourth-order valence-electron chi connectivity index (χ4n) is 0.618. The van der Waals surface area contributed by atoms with Crippen molar-refractivity contribution in [2.45, 2.75) is 19.5 Å². The van der Waals surface area contributed by atoms with E-state index in [1.807, 2.05) is 0 Å². The third-order valence-electron chi connectivity index (χ3n) is 1.28. The SMILES string of the molecule is C=C/C(F)=C(/C=O)C(F)CC. The van der Waals surface area contributed by atoms with Crippen LogP contribution in [0.4, 0.5) is 8.78 Å². The summed E-state index contributed by atoms with van der Waals surface area (Å²) < 4.78 is 25.2. The predicted molar refractivity (Wildman–Crippen MR) is 39.6 cm³/mol. The van der Waals surface area contributed by atoms with Gasteiger partial charge in [0.25, 0.3) is 0 Å². The molecule has 0 aromatic heterocycles. The Labute approximate surface area is 64.4 Å². The van der Waals surface area contributed by atoms with E-state index in [-0.39, 0.29) is 12.7 Å². The molecule has 0 aliphatic heterocycles. The summed E-state index contributed by atoms with van der Waals surface area (Å²) in [6.07, 6.45) is -0.419. The third-order valence-corrected chi connectivity index (χ3v) is 1.28. The van der Waals surface area contributed by atoms with E-state index in [2.05, 4.69) is 6.58 Å². The van der Waals surface area contributed by atoms with Gasteiger partial charge in [0.05, 0.1) is 5.57 Å². The molecule has 0 radical (unpaired) electrons. The molecule has 1 nitrogen and oxygen atoms in total. The monoisotopic (exact) mass is 160 g/mol. The van der Waals surface area contributed by atoms with Crippen LogP contribution < -0.4 is 0 Å². The average Bonchev–Trinajstić information content (AvgIpc) is 2.05. The average molecular weight is 160 g/mol. The summed E-state index contributed by atoms with van der Waals surface area (Å²) in [6.45, 7) is 4.62. The van der Waals surface area contributed by atoms with Crippen molar-refractivity contribution < 1.29 is 13.6 Å². The van der Waals surface area contributed by atoms with Crippen molar-refractivity contribution in [1.29, 1.82) is 0 Å². The van der Waals surface area contributed by atoms with Gasteiger partial charge in [0.15, 0.2) is 6.29 Å². The van der Waals surface area contributed by atoms with Crippen molar-refractivity contribution >= 4 is 6.29 Å². The molecule has 0 aliphatic rings. The molecule has 0 aromatic carbocycles. The van der Waals surface area contributed by atoms with Crippen LogP contribution in [0.1, 0.15) is 13.3 Å². The molecule has 0 rings (SSSR count). The van der Waals surface area contributed by atoms with Crippen LogP contribution in [0.3, 0.4) is 0 Å². The molecule has 0 aromatic rings. The molecule has 0 saturated carbocycles. The lowest BCUT2D eigenvalue weighted by molar-refractivity contribution is -0.105. The van der Waals surface area contributed by atoms with Crippen LogP contribution in [0, 0.1) is 0 Å². The Bertz CT molecular complexity index is 185. The molecule has 0 saturated heterocycles. The summed E-state index contributed by atoms with van der Waals surface area (Å²) in [6, 6.07) is 0. The number of alkyl halides is 1. The van der Waals surface area contributed by atoms with Gasteiger partial charge >= 0.3 is 0 Å². The van der Waals surface area contributed by atoms with E-state index < -0.39 is 17.6 Å². The number of carbonyl (C=O) groups is 1. The Morgan fingerprint density at radius 2 is 2.27 bits per heavy atom. The summed E-state index contributed by atoms with van der Waals surface area (Å²) in [5, 5.41) is 0. The fourth-order valence-corrected chi connectivity index (χ4v) is 0.618. The Morgan fingerprint density at radius 1 is 1.73 bits per heavy atom. The maximum Gasteiger partial charge on any atom is 0.151 e. The van der Waals surface area contributed by atoms with Gasteiger partial charge < -0.3 is 0 Å². The number of hydrogen-bond donors (Lipinski definition) is 0. The third kappa shape index (κ3) is 2.62. The highest BCUT2D eigenvalue weighted by molar-refractivity contribution is 5.76. The van der Waals surface area contributed by atoms with Crippen LogP contribution in [0.2, 0.25) is 0 Å². The quantitative estimate of drug-likeness (QED) is 0.350. The minimum Gasteiger partial charge on any atom is -0.298 e. The van der Waals surface area contributed by atoms with Crippen LogP contribution >= 0.6 is 0 Å². The van der Waals surface area contributed by atoms with Gasteiger partial charge in [0, 0.05) is 0 Å². The maximum atomic E-state index is 12.7. The molecule has 0 bridgehead atoms. The first-order valence-electron chi connectivity index (χ1n) is 3.28. The van der Waals surface area contributed by atoms with Gasteiger partial charge in [-0.05, 0) is 12.5 Å².